The number of rotatable bonds is 5. The first-order chi connectivity index (χ1) is 8.47. The van der Waals surface area contributed by atoms with Crippen LogP contribution in [-0.2, 0) is 9.53 Å². The van der Waals surface area contributed by atoms with Gasteiger partial charge in [-0.2, -0.15) is 0 Å². The van der Waals surface area contributed by atoms with Crippen LogP contribution in [0.2, 0.25) is 0 Å². The van der Waals surface area contributed by atoms with Crippen LogP contribution in [0.4, 0.5) is 5.69 Å². The van der Waals surface area contributed by atoms with Gasteiger partial charge in [0.1, 0.15) is 0 Å². The maximum atomic E-state index is 11.3. The van der Waals surface area contributed by atoms with E-state index in [1.54, 1.807) is 13.0 Å². The van der Waals surface area contributed by atoms with Crippen molar-refractivity contribution in [3.05, 3.63) is 33.9 Å². The fourth-order valence-electron chi connectivity index (χ4n) is 1.45. The van der Waals surface area contributed by atoms with E-state index >= 15 is 0 Å². The summed E-state index contributed by atoms with van der Waals surface area (Å²) in [4.78, 5) is 22.4. The summed E-state index contributed by atoms with van der Waals surface area (Å²) in [6.07, 6.45) is 0. The molecule has 6 heteroatoms. The van der Waals surface area contributed by atoms with Crippen molar-refractivity contribution in [3.63, 3.8) is 0 Å². The van der Waals surface area contributed by atoms with E-state index < -0.39 is 4.92 Å². The molecule has 0 amide bonds. The number of nitro groups is 1. The van der Waals surface area contributed by atoms with Gasteiger partial charge in [-0.15, -0.1) is 11.8 Å². The van der Waals surface area contributed by atoms with Crippen molar-refractivity contribution in [1.82, 2.24) is 0 Å². The number of carbonyl (C=O) groups is 1. The van der Waals surface area contributed by atoms with Gasteiger partial charge in [0.05, 0.1) is 22.8 Å². The zero-order valence-corrected chi connectivity index (χ0v) is 11.3. The summed E-state index contributed by atoms with van der Waals surface area (Å²) in [5, 5.41) is 10.9. The highest BCUT2D eigenvalue weighted by Gasteiger charge is 2.19. The Morgan fingerprint density at radius 3 is 2.78 bits per heavy atom. The Morgan fingerprint density at radius 2 is 2.22 bits per heavy atom. The van der Waals surface area contributed by atoms with Crippen LogP contribution < -0.4 is 0 Å². The molecule has 0 heterocycles. The van der Waals surface area contributed by atoms with E-state index in [-0.39, 0.29) is 17.6 Å². The second-order valence-electron chi connectivity index (χ2n) is 3.92. The minimum absolute atomic E-state index is 0.0806. The van der Waals surface area contributed by atoms with Crippen LogP contribution in [0, 0.1) is 23.0 Å². The average molecular weight is 269 g/mol. The molecule has 0 aliphatic carbocycles. The van der Waals surface area contributed by atoms with Crippen LogP contribution in [0.1, 0.15) is 12.5 Å². The van der Waals surface area contributed by atoms with Crippen LogP contribution in [0.5, 0.6) is 0 Å². The Bertz CT molecular complexity index is 461. The monoisotopic (exact) mass is 269 g/mol. The molecule has 0 radical (unpaired) electrons. The summed E-state index contributed by atoms with van der Waals surface area (Å²) in [7, 11) is 1.33. The SMILES string of the molecule is COC(=O)C(C)CSc1c(C)cccc1[N+](=O)[O-]. The molecule has 0 saturated heterocycles. The fourth-order valence-corrected chi connectivity index (χ4v) is 2.59. The van der Waals surface area contributed by atoms with Crippen molar-refractivity contribution in [1.29, 1.82) is 0 Å². The standard InChI is InChI=1S/C12H15NO4S/c1-8-5-4-6-10(13(15)16)11(8)18-7-9(2)12(14)17-3/h4-6,9H,7H2,1-3H3. The lowest BCUT2D eigenvalue weighted by atomic mass is 10.2. The first-order valence-electron chi connectivity index (χ1n) is 5.42. The third-order valence-electron chi connectivity index (χ3n) is 2.47. The maximum absolute atomic E-state index is 11.3. The van der Waals surface area contributed by atoms with Crippen molar-refractivity contribution in [2.75, 3.05) is 12.9 Å². The van der Waals surface area contributed by atoms with E-state index in [0.717, 1.165) is 5.56 Å². The van der Waals surface area contributed by atoms with Gasteiger partial charge in [-0.3, -0.25) is 14.9 Å². The van der Waals surface area contributed by atoms with Crippen LogP contribution in [0.15, 0.2) is 23.1 Å². The van der Waals surface area contributed by atoms with Crippen molar-refractivity contribution in [3.8, 4) is 0 Å². The zero-order valence-electron chi connectivity index (χ0n) is 10.5. The molecule has 98 valence electrons. The number of thioether (sulfide) groups is 1. The first-order valence-corrected chi connectivity index (χ1v) is 6.40. The third-order valence-corrected chi connectivity index (χ3v) is 3.96. The number of aryl methyl sites for hydroxylation is 1. The molecule has 0 bridgehead atoms. The lowest BCUT2D eigenvalue weighted by Crippen LogP contribution is -2.14. The normalized spacial score (nSPS) is 11.9. The second-order valence-corrected chi connectivity index (χ2v) is 4.95. The summed E-state index contributed by atoms with van der Waals surface area (Å²) < 4.78 is 4.62. The molecule has 0 aliphatic heterocycles. The van der Waals surface area contributed by atoms with Crippen molar-refractivity contribution in [2.24, 2.45) is 5.92 Å². The summed E-state index contributed by atoms with van der Waals surface area (Å²) in [6.45, 7) is 3.56. The third kappa shape index (κ3) is 3.46. The van der Waals surface area contributed by atoms with Gasteiger partial charge < -0.3 is 4.74 Å². The molecule has 0 spiro atoms. The van der Waals surface area contributed by atoms with E-state index in [2.05, 4.69) is 4.74 Å². The molecule has 1 unspecified atom stereocenters. The lowest BCUT2D eigenvalue weighted by Gasteiger charge is -2.10. The first kappa shape index (κ1) is 14.5. The van der Waals surface area contributed by atoms with Crippen molar-refractivity contribution in [2.45, 2.75) is 18.7 Å². The number of carbonyl (C=O) groups excluding carboxylic acids is 1. The minimum Gasteiger partial charge on any atom is -0.469 e. The molecule has 0 fully saturated rings. The van der Waals surface area contributed by atoms with Gasteiger partial charge in [-0.1, -0.05) is 19.1 Å². The minimum atomic E-state index is -0.405. The molecule has 1 aromatic carbocycles. The fraction of sp³-hybridized carbons (Fsp3) is 0.417. The highest BCUT2D eigenvalue weighted by molar-refractivity contribution is 7.99. The molecule has 0 N–H and O–H groups in total. The van der Waals surface area contributed by atoms with Gasteiger partial charge in [0.25, 0.3) is 5.69 Å². The zero-order chi connectivity index (χ0) is 13.7. The Balaban J connectivity index is 2.84. The number of methoxy groups -OCH3 is 1. The highest BCUT2D eigenvalue weighted by atomic mass is 32.2. The highest BCUT2D eigenvalue weighted by Crippen LogP contribution is 2.33. The lowest BCUT2D eigenvalue weighted by molar-refractivity contribution is -0.387. The number of benzene rings is 1. The van der Waals surface area contributed by atoms with E-state index in [1.165, 1.54) is 24.9 Å². The number of nitro benzene ring substituents is 1. The Kier molecular flexibility index (Phi) is 5.15. The van der Waals surface area contributed by atoms with Gasteiger partial charge in [-0.25, -0.2) is 0 Å². The van der Waals surface area contributed by atoms with Gasteiger partial charge in [0, 0.05) is 11.8 Å². The maximum Gasteiger partial charge on any atom is 0.309 e. The van der Waals surface area contributed by atoms with E-state index in [9.17, 15) is 14.9 Å². The van der Waals surface area contributed by atoms with Crippen LogP contribution >= 0.6 is 11.8 Å². The molecule has 0 saturated carbocycles. The average Bonchev–Trinajstić information content (AvgIpc) is 2.35. The number of nitrogens with zero attached hydrogens (tertiary/aromatic N) is 1. The number of hydrogen-bond acceptors (Lipinski definition) is 5. The topological polar surface area (TPSA) is 69.4 Å². The molecule has 18 heavy (non-hydrogen) atoms. The number of ether oxygens (including phenoxy) is 1. The van der Waals surface area contributed by atoms with Gasteiger partial charge >= 0.3 is 5.97 Å². The summed E-state index contributed by atoms with van der Waals surface area (Å²) >= 11 is 1.31. The van der Waals surface area contributed by atoms with E-state index in [1.807, 2.05) is 13.0 Å². The molecule has 0 aliphatic rings. The molecule has 1 atom stereocenters. The Morgan fingerprint density at radius 1 is 1.56 bits per heavy atom. The Labute approximate surface area is 110 Å². The predicted molar refractivity (Wildman–Crippen MR) is 69.7 cm³/mol. The van der Waals surface area contributed by atoms with Crippen molar-refractivity contribution >= 4 is 23.4 Å². The Hall–Kier alpha value is -1.56. The quantitative estimate of drug-likeness (QED) is 0.356. The van der Waals surface area contributed by atoms with Crippen LogP contribution in [0.25, 0.3) is 0 Å². The summed E-state index contributed by atoms with van der Waals surface area (Å²) in [5.41, 5.74) is 0.920. The van der Waals surface area contributed by atoms with E-state index in [4.69, 9.17) is 0 Å². The molecule has 1 aromatic rings. The molecule has 5 nitrogen and oxygen atoms in total. The number of esters is 1. The number of hydrogen-bond donors (Lipinski definition) is 0. The molecule has 1 rings (SSSR count). The van der Waals surface area contributed by atoms with Gasteiger partial charge in [-0.05, 0) is 12.5 Å². The van der Waals surface area contributed by atoms with Crippen LogP contribution in [0.3, 0.4) is 0 Å². The predicted octanol–water partition coefficient (Wildman–Crippen LogP) is 2.80. The molecular weight excluding hydrogens is 254 g/mol. The van der Waals surface area contributed by atoms with E-state index in [0.29, 0.717) is 10.6 Å². The summed E-state index contributed by atoms with van der Waals surface area (Å²) in [6, 6.07) is 4.94. The molecule has 0 aromatic heterocycles. The van der Waals surface area contributed by atoms with Crippen LogP contribution in [-0.4, -0.2) is 23.8 Å². The second kappa shape index (κ2) is 6.39. The molecular formula is C12H15NO4S. The largest absolute Gasteiger partial charge is 0.469 e. The smallest absolute Gasteiger partial charge is 0.309 e. The van der Waals surface area contributed by atoms with Gasteiger partial charge in [0.15, 0.2) is 0 Å². The van der Waals surface area contributed by atoms with Crippen molar-refractivity contribution < 1.29 is 14.5 Å². The van der Waals surface area contributed by atoms with Gasteiger partial charge in [0.2, 0.25) is 0 Å². The summed E-state index contributed by atoms with van der Waals surface area (Å²) in [5.74, 6) is -0.142.